The standard InChI is InChI=1S/C23H31N5O6/c1-3-34-23(32)26-11-9-17(10-12-26)21(30)28(15-16-7-5-4-6-8-16)18-19(24)27(13-14-33-2)22(31)25-20(18)29/h4-8,17H,3,9-15,24H2,1-2H3,(H,25,29,31). The second-order valence-electron chi connectivity index (χ2n) is 8.01. The van der Waals surface area contributed by atoms with Crippen LogP contribution in [0.2, 0.25) is 0 Å². The molecule has 0 atom stereocenters. The highest BCUT2D eigenvalue weighted by molar-refractivity contribution is 5.97. The average Bonchev–Trinajstić information content (AvgIpc) is 2.83. The number of carbonyl (C=O) groups is 2. The number of nitrogens with one attached hydrogen (secondary N) is 1. The molecule has 1 aliphatic heterocycles. The van der Waals surface area contributed by atoms with E-state index in [2.05, 4.69) is 4.98 Å². The third-order valence-corrected chi connectivity index (χ3v) is 5.82. The summed E-state index contributed by atoms with van der Waals surface area (Å²) in [6, 6.07) is 9.21. The molecular formula is C23H31N5O6. The summed E-state index contributed by atoms with van der Waals surface area (Å²) < 4.78 is 11.3. The van der Waals surface area contributed by atoms with Crippen molar-refractivity contribution in [3.63, 3.8) is 0 Å². The largest absolute Gasteiger partial charge is 0.450 e. The van der Waals surface area contributed by atoms with Gasteiger partial charge in [-0.1, -0.05) is 30.3 Å². The van der Waals surface area contributed by atoms with Crippen molar-refractivity contribution in [3.8, 4) is 0 Å². The van der Waals surface area contributed by atoms with Crippen molar-refractivity contribution in [2.75, 3.05) is 44.0 Å². The van der Waals surface area contributed by atoms with Crippen LogP contribution in [0.5, 0.6) is 0 Å². The monoisotopic (exact) mass is 473 g/mol. The summed E-state index contributed by atoms with van der Waals surface area (Å²) in [5.41, 5.74) is 5.59. The quantitative estimate of drug-likeness (QED) is 0.586. The van der Waals surface area contributed by atoms with Crippen LogP contribution in [-0.2, 0) is 27.4 Å². The number of nitrogen functional groups attached to an aromatic ring is 1. The number of rotatable bonds is 8. The van der Waals surface area contributed by atoms with Gasteiger partial charge in [0.2, 0.25) is 5.91 Å². The molecule has 11 nitrogen and oxygen atoms in total. The predicted molar refractivity (Wildman–Crippen MR) is 127 cm³/mol. The minimum atomic E-state index is -0.732. The zero-order valence-corrected chi connectivity index (χ0v) is 19.5. The molecule has 1 fully saturated rings. The molecule has 3 N–H and O–H groups in total. The SMILES string of the molecule is CCOC(=O)N1CCC(C(=O)N(Cc2ccccc2)c2c(N)n(CCOC)c(=O)[nH]c2=O)CC1. The van der Waals surface area contributed by atoms with Crippen LogP contribution in [0.15, 0.2) is 39.9 Å². The van der Waals surface area contributed by atoms with Crippen molar-refractivity contribution in [1.29, 1.82) is 0 Å². The first kappa shape index (κ1) is 25.0. The summed E-state index contributed by atoms with van der Waals surface area (Å²) in [6.07, 6.45) is 0.439. The van der Waals surface area contributed by atoms with E-state index in [1.165, 1.54) is 16.6 Å². The number of hydrogen-bond donors (Lipinski definition) is 2. The zero-order valence-electron chi connectivity index (χ0n) is 19.5. The number of methoxy groups -OCH3 is 1. The maximum Gasteiger partial charge on any atom is 0.409 e. The van der Waals surface area contributed by atoms with Gasteiger partial charge in [0, 0.05) is 26.1 Å². The average molecular weight is 474 g/mol. The number of ether oxygens (including phenoxy) is 2. The van der Waals surface area contributed by atoms with E-state index >= 15 is 0 Å². The first-order valence-corrected chi connectivity index (χ1v) is 11.3. The summed E-state index contributed by atoms with van der Waals surface area (Å²) >= 11 is 0. The van der Waals surface area contributed by atoms with E-state index < -0.39 is 23.3 Å². The molecule has 0 saturated carbocycles. The fourth-order valence-electron chi connectivity index (χ4n) is 4.02. The number of likely N-dealkylation sites (tertiary alicyclic amines) is 1. The van der Waals surface area contributed by atoms with Crippen molar-refractivity contribution in [3.05, 3.63) is 56.7 Å². The van der Waals surface area contributed by atoms with Crippen LogP contribution in [0.1, 0.15) is 25.3 Å². The molecule has 1 saturated heterocycles. The number of piperidine rings is 1. The maximum atomic E-state index is 13.7. The van der Waals surface area contributed by atoms with E-state index in [0.29, 0.717) is 25.9 Å². The first-order chi connectivity index (χ1) is 16.4. The molecule has 1 aromatic heterocycles. The van der Waals surface area contributed by atoms with Gasteiger partial charge < -0.3 is 20.1 Å². The minimum absolute atomic E-state index is 0.0719. The third-order valence-electron chi connectivity index (χ3n) is 5.82. The molecule has 1 aromatic carbocycles. The van der Waals surface area contributed by atoms with Gasteiger partial charge in [-0.15, -0.1) is 0 Å². The van der Waals surface area contributed by atoms with Gasteiger partial charge >= 0.3 is 11.8 Å². The molecule has 1 aliphatic rings. The van der Waals surface area contributed by atoms with E-state index in [1.807, 2.05) is 30.3 Å². The molecule has 34 heavy (non-hydrogen) atoms. The van der Waals surface area contributed by atoms with Crippen molar-refractivity contribution < 1.29 is 19.1 Å². The molecule has 0 unspecified atom stereocenters. The number of nitrogens with zero attached hydrogens (tertiary/aromatic N) is 3. The Hall–Kier alpha value is -3.60. The van der Waals surface area contributed by atoms with Crippen LogP contribution in [0.3, 0.4) is 0 Å². The predicted octanol–water partition coefficient (Wildman–Crippen LogP) is 1.17. The van der Waals surface area contributed by atoms with Crippen molar-refractivity contribution in [1.82, 2.24) is 14.5 Å². The highest BCUT2D eigenvalue weighted by atomic mass is 16.6. The minimum Gasteiger partial charge on any atom is -0.450 e. The molecule has 2 heterocycles. The summed E-state index contributed by atoms with van der Waals surface area (Å²) in [4.78, 5) is 56.1. The summed E-state index contributed by atoms with van der Waals surface area (Å²) in [5.74, 6) is -0.812. The number of hydrogen-bond acceptors (Lipinski definition) is 7. The van der Waals surface area contributed by atoms with Crippen LogP contribution in [-0.4, -0.2) is 59.9 Å². The lowest BCUT2D eigenvalue weighted by Gasteiger charge is -2.34. The molecular weight excluding hydrogens is 442 g/mol. The van der Waals surface area contributed by atoms with Gasteiger partial charge in [0.05, 0.1) is 26.3 Å². The fourth-order valence-corrected chi connectivity index (χ4v) is 4.02. The Labute approximate surface area is 197 Å². The molecule has 2 amide bonds. The van der Waals surface area contributed by atoms with Crippen LogP contribution >= 0.6 is 0 Å². The van der Waals surface area contributed by atoms with Crippen LogP contribution in [0, 0.1) is 5.92 Å². The lowest BCUT2D eigenvalue weighted by atomic mass is 9.95. The zero-order chi connectivity index (χ0) is 24.7. The number of aromatic nitrogens is 2. The molecule has 0 radical (unpaired) electrons. The van der Waals surface area contributed by atoms with E-state index in [1.54, 1.807) is 11.8 Å². The lowest BCUT2D eigenvalue weighted by molar-refractivity contribution is -0.123. The molecule has 3 rings (SSSR count). The number of H-pyrrole nitrogens is 1. The van der Waals surface area contributed by atoms with Gasteiger partial charge in [-0.05, 0) is 25.3 Å². The second-order valence-corrected chi connectivity index (χ2v) is 8.01. The van der Waals surface area contributed by atoms with E-state index in [0.717, 1.165) is 5.56 Å². The van der Waals surface area contributed by atoms with E-state index in [4.69, 9.17) is 15.2 Å². The summed E-state index contributed by atoms with van der Waals surface area (Å²) in [5, 5.41) is 0. The number of aromatic amines is 1. The van der Waals surface area contributed by atoms with Gasteiger partial charge in [0.1, 0.15) is 5.82 Å². The van der Waals surface area contributed by atoms with Gasteiger partial charge in [0.25, 0.3) is 5.56 Å². The van der Waals surface area contributed by atoms with Crippen LogP contribution in [0.4, 0.5) is 16.3 Å². The maximum absolute atomic E-state index is 13.7. The van der Waals surface area contributed by atoms with Crippen molar-refractivity contribution in [2.45, 2.75) is 32.9 Å². The van der Waals surface area contributed by atoms with Gasteiger partial charge in [-0.25, -0.2) is 9.59 Å². The van der Waals surface area contributed by atoms with Gasteiger partial charge in [-0.3, -0.25) is 24.0 Å². The van der Waals surface area contributed by atoms with Crippen molar-refractivity contribution >= 4 is 23.5 Å². The lowest BCUT2D eigenvalue weighted by Crippen LogP contribution is -2.47. The van der Waals surface area contributed by atoms with Gasteiger partial charge in [0.15, 0.2) is 5.69 Å². The molecule has 0 bridgehead atoms. The highest BCUT2D eigenvalue weighted by Gasteiger charge is 2.33. The Balaban J connectivity index is 1.94. The van der Waals surface area contributed by atoms with Crippen LogP contribution < -0.4 is 21.9 Å². The Morgan fingerprint density at radius 2 is 1.85 bits per heavy atom. The molecule has 2 aromatic rings. The summed E-state index contributed by atoms with van der Waals surface area (Å²) in [7, 11) is 1.49. The highest BCUT2D eigenvalue weighted by Crippen LogP contribution is 2.26. The van der Waals surface area contributed by atoms with E-state index in [-0.39, 0.29) is 43.7 Å². The van der Waals surface area contributed by atoms with Gasteiger partial charge in [-0.2, -0.15) is 0 Å². The van der Waals surface area contributed by atoms with E-state index in [9.17, 15) is 19.2 Å². The number of amides is 2. The Morgan fingerprint density at radius 1 is 1.18 bits per heavy atom. The first-order valence-electron chi connectivity index (χ1n) is 11.3. The molecule has 0 aliphatic carbocycles. The molecule has 184 valence electrons. The normalized spacial score (nSPS) is 14.1. The topological polar surface area (TPSA) is 140 Å². The molecule has 0 spiro atoms. The Morgan fingerprint density at radius 3 is 2.47 bits per heavy atom. The Kier molecular flexibility index (Phi) is 8.47. The second kappa shape index (κ2) is 11.5. The number of anilines is 2. The molecule has 11 heteroatoms. The Bertz CT molecular complexity index is 1110. The fraction of sp³-hybridized carbons (Fsp3) is 0.478. The number of nitrogens with two attached hydrogens (primary N) is 1. The smallest absolute Gasteiger partial charge is 0.409 e. The third kappa shape index (κ3) is 5.66. The van der Waals surface area contributed by atoms with Crippen LogP contribution in [0.25, 0.3) is 0 Å². The summed E-state index contributed by atoms with van der Waals surface area (Å²) in [6.45, 7) is 3.19. The number of carbonyl (C=O) groups excluding carboxylic acids is 2. The van der Waals surface area contributed by atoms with Crippen molar-refractivity contribution in [2.24, 2.45) is 5.92 Å². The number of benzene rings is 1.